The molecule has 0 atom stereocenters. The number of aromatic nitrogens is 3. The SMILES string of the molecule is Cc1ncc2[nH]c(N)c(S(=O)(=O)c3ccc(Cl)cc3F)c2n1. The largest absolute Gasteiger partial charge is 0.384 e. The zero-order chi connectivity index (χ0) is 16.1. The molecule has 22 heavy (non-hydrogen) atoms. The van der Waals surface area contributed by atoms with Crippen LogP contribution in [0.4, 0.5) is 10.2 Å². The van der Waals surface area contributed by atoms with Crippen LogP contribution in [-0.4, -0.2) is 23.4 Å². The van der Waals surface area contributed by atoms with Crippen molar-refractivity contribution in [3.8, 4) is 0 Å². The number of H-pyrrole nitrogens is 1. The quantitative estimate of drug-likeness (QED) is 0.746. The number of nitrogens with one attached hydrogen (secondary N) is 1. The zero-order valence-electron chi connectivity index (χ0n) is 11.3. The number of nitrogens with zero attached hydrogens (tertiary/aromatic N) is 2. The molecule has 1 aromatic carbocycles. The normalized spacial score (nSPS) is 12.0. The van der Waals surface area contributed by atoms with Crippen molar-refractivity contribution in [3.63, 3.8) is 0 Å². The second kappa shape index (κ2) is 4.92. The van der Waals surface area contributed by atoms with Crippen LogP contribution < -0.4 is 5.73 Å². The average Bonchev–Trinajstić information content (AvgIpc) is 2.73. The van der Waals surface area contributed by atoms with Gasteiger partial charge in [-0.1, -0.05) is 11.6 Å². The van der Waals surface area contributed by atoms with Gasteiger partial charge in [0.1, 0.15) is 32.8 Å². The molecule has 0 saturated heterocycles. The van der Waals surface area contributed by atoms with Crippen LogP contribution >= 0.6 is 11.6 Å². The number of nitrogens with two attached hydrogens (primary N) is 1. The maximum Gasteiger partial charge on any atom is 0.215 e. The maximum atomic E-state index is 14.0. The van der Waals surface area contributed by atoms with E-state index in [-0.39, 0.29) is 21.3 Å². The highest BCUT2D eigenvalue weighted by Gasteiger charge is 2.29. The van der Waals surface area contributed by atoms with Crippen LogP contribution in [0.25, 0.3) is 11.0 Å². The molecule has 0 radical (unpaired) electrons. The van der Waals surface area contributed by atoms with Crippen molar-refractivity contribution in [1.29, 1.82) is 0 Å². The summed E-state index contributed by atoms with van der Waals surface area (Å²) < 4.78 is 39.5. The summed E-state index contributed by atoms with van der Waals surface area (Å²) in [5, 5.41) is 0.0986. The zero-order valence-corrected chi connectivity index (χ0v) is 12.8. The number of rotatable bonds is 2. The number of benzene rings is 1. The van der Waals surface area contributed by atoms with Gasteiger partial charge in [-0.2, -0.15) is 0 Å². The Morgan fingerprint density at radius 2 is 2.09 bits per heavy atom. The van der Waals surface area contributed by atoms with Gasteiger partial charge >= 0.3 is 0 Å². The average molecular weight is 341 g/mol. The van der Waals surface area contributed by atoms with Gasteiger partial charge < -0.3 is 10.7 Å². The summed E-state index contributed by atoms with van der Waals surface area (Å²) in [6, 6.07) is 3.32. The Labute approximate surface area is 130 Å². The lowest BCUT2D eigenvalue weighted by Crippen LogP contribution is -2.07. The van der Waals surface area contributed by atoms with E-state index < -0.39 is 20.5 Å². The van der Waals surface area contributed by atoms with Crippen LogP contribution in [0.1, 0.15) is 5.82 Å². The van der Waals surface area contributed by atoms with Gasteiger partial charge in [-0.15, -0.1) is 0 Å². The van der Waals surface area contributed by atoms with Gasteiger partial charge in [0.15, 0.2) is 0 Å². The first-order valence-corrected chi connectivity index (χ1v) is 7.98. The summed E-state index contributed by atoms with van der Waals surface area (Å²) in [6.07, 6.45) is 1.42. The van der Waals surface area contributed by atoms with E-state index in [1.165, 1.54) is 12.3 Å². The summed E-state index contributed by atoms with van der Waals surface area (Å²) in [7, 11) is -4.20. The first-order valence-electron chi connectivity index (χ1n) is 6.11. The van der Waals surface area contributed by atoms with Gasteiger partial charge in [0.2, 0.25) is 9.84 Å². The van der Waals surface area contributed by atoms with E-state index in [1.54, 1.807) is 6.92 Å². The fraction of sp³-hybridized carbons (Fsp3) is 0.0769. The molecule has 3 aromatic rings. The van der Waals surface area contributed by atoms with Crippen molar-refractivity contribution in [2.24, 2.45) is 0 Å². The molecule has 0 fully saturated rings. The van der Waals surface area contributed by atoms with Crippen molar-refractivity contribution in [2.75, 3.05) is 5.73 Å². The molecule has 114 valence electrons. The smallest absolute Gasteiger partial charge is 0.215 e. The lowest BCUT2D eigenvalue weighted by Gasteiger charge is -2.06. The van der Waals surface area contributed by atoms with Gasteiger partial charge in [0.25, 0.3) is 0 Å². The molecule has 9 heteroatoms. The number of anilines is 1. The van der Waals surface area contributed by atoms with Crippen LogP contribution in [-0.2, 0) is 9.84 Å². The molecule has 0 amide bonds. The van der Waals surface area contributed by atoms with Crippen molar-refractivity contribution in [2.45, 2.75) is 16.7 Å². The fourth-order valence-electron chi connectivity index (χ4n) is 2.14. The summed E-state index contributed by atoms with van der Waals surface area (Å²) in [4.78, 5) is 9.95. The number of hydrogen-bond donors (Lipinski definition) is 2. The van der Waals surface area contributed by atoms with E-state index >= 15 is 0 Å². The van der Waals surface area contributed by atoms with Crippen molar-refractivity contribution >= 4 is 38.3 Å². The third kappa shape index (κ3) is 2.20. The van der Waals surface area contributed by atoms with Crippen LogP contribution in [0.2, 0.25) is 5.02 Å². The van der Waals surface area contributed by atoms with E-state index in [0.717, 1.165) is 12.1 Å². The van der Waals surface area contributed by atoms with Gasteiger partial charge in [-0.05, 0) is 25.1 Å². The molecule has 2 aromatic heterocycles. The molecule has 3 N–H and O–H groups in total. The molecule has 0 aliphatic rings. The number of nitrogen functional groups attached to an aromatic ring is 1. The second-order valence-corrected chi connectivity index (χ2v) is 6.92. The molecule has 2 heterocycles. The van der Waals surface area contributed by atoms with Gasteiger partial charge in [0, 0.05) is 5.02 Å². The van der Waals surface area contributed by atoms with Gasteiger partial charge in [-0.25, -0.2) is 22.8 Å². The van der Waals surface area contributed by atoms with Crippen LogP contribution in [0.5, 0.6) is 0 Å². The predicted molar refractivity (Wildman–Crippen MR) is 79.9 cm³/mol. The first-order chi connectivity index (χ1) is 10.3. The van der Waals surface area contributed by atoms with Gasteiger partial charge in [0.05, 0.1) is 11.7 Å². The minimum atomic E-state index is -4.20. The monoisotopic (exact) mass is 340 g/mol. The van der Waals surface area contributed by atoms with Crippen LogP contribution in [0.3, 0.4) is 0 Å². The minimum Gasteiger partial charge on any atom is -0.384 e. The molecule has 6 nitrogen and oxygen atoms in total. The molecule has 3 rings (SSSR count). The van der Waals surface area contributed by atoms with E-state index in [0.29, 0.717) is 11.3 Å². The maximum absolute atomic E-state index is 14.0. The van der Waals surface area contributed by atoms with E-state index in [4.69, 9.17) is 17.3 Å². The van der Waals surface area contributed by atoms with Crippen molar-refractivity contribution in [1.82, 2.24) is 15.0 Å². The highest BCUT2D eigenvalue weighted by atomic mass is 35.5. The molecular formula is C13H10ClFN4O2S. The molecule has 0 spiro atoms. The second-order valence-electron chi connectivity index (χ2n) is 4.63. The van der Waals surface area contributed by atoms with E-state index in [9.17, 15) is 12.8 Å². The van der Waals surface area contributed by atoms with E-state index in [1.807, 2.05) is 0 Å². The summed E-state index contributed by atoms with van der Waals surface area (Å²) in [6.45, 7) is 1.61. The number of halogens is 2. The third-order valence-electron chi connectivity index (χ3n) is 3.09. The Morgan fingerprint density at radius 3 is 2.77 bits per heavy atom. The van der Waals surface area contributed by atoms with E-state index in [2.05, 4.69) is 15.0 Å². The predicted octanol–water partition coefficient (Wildman–Crippen LogP) is 2.47. The topological polar surface area (TPSA) is 102 Å². The molecule has 0 aliphatic carbocycles. The molecular weight excluding hydrogens is 331 g/mol. The number of fused-ring (bicyclic) bond motifs is 1. The first kappa shape index (κ1) is 14.7. The van der Waals surface area contributed by atoms with Crippen molar-refractivity contribution < 1.29 is 12.8 Å². The lowest BCUT2D eigenvalue weighted by molar-refractivity contribution is 0.568. The van der Waals surface area contributed by atoms with Crippen molar-refractivity contribution in [3.05, 3.63) is 41.1 Å². The Morgan fingerprint density at radius 1 is 1.36 bits per heavy atom. The third-order valence-corrected chi connectivity index (χ3v) is 5.19. The molecule has 0 bridgehead atoms. The highest BCUT2D eigenvalue weighted by Crippen LogP contribution is 2.33. The minimum absolute atomic E-state index is 0.0986. The number of aryl methyl sites for hydroxylation is 1. The number of aromatic amines is 1. The Balaban J connectivity index is 2.34. The lowest BCUT2D eigenvalue weighted by atomic mass is 10.3. The molecule has 0 saturated carbocycles. The Bertz CT molecular complexity index is 1000. The Kier molecular flexibility index (Phi) is 3.30. The number of hydrogen-bond acceptors (Lipinski definition) is 5. The summed E-state index contributed by atoms with van der Waals surface area (Å²) in [5.74, 6) is -0.698. The Hall–Kier alpha value is -2.19. The van der Waals surface area contributed by atoms with Crippen LogP contribution in [0.15, 0.2) is 34.2 Å². The number of sulfone groups is 1. The van der Waals surface area contributed by atoms with Crippen LogP contribution in [0, 0.1) is 12.7 Å². The van der Waals surface area contributed by atoms with Gasteiger partial charge in [-0.3, -0.25) is 0 Å². The molecule has 0 aliphatic heterocycles. The summed E-state index contributed by atoms with van der Waals surface area (Å²) >= 11 is 5.65. The fourth-order valence-corrected chi connectivity index (χ4v) is 3.83. The molecule has 0 unspecified atom stereocenters. The summed E-state index contributed by atoms with van der Waals surface area (Å²) in [5.41, 5.74) is 6.24. The standard InChI is InChI=1S/C13H10ClFN4O2S/c1-6-17-5-9-11(18-6)12(13(16)19-9)22(20,21)10-3-2-7(14)4-8(10)15/h2-5,19H,16H2,1H3. The highest BCUT2D eigenvalue weighted by molar-refractivity contribution is 7.92.